The molecule has 1 aromatic carbocycles. The molecule has 0 aliphatic carbocycles. The van der Waals surface area contributed by atoms with Crippen molar-refractivity contribution in [3.05, 3.63) is 35.9 Å². The molecule has 0 bridgehead atoms. The summed E-state index contributed by atoms with van der Waals surface area (Å²) in [6.07, 6.45) is 1.50. The van der Waals surface area contributed by atoms with E-state index in [1.54, 1.807) is 4.90 Å². The number of esters is 1. The van der Waals surface area contributed by atoms with Gasteiger partial charge in [-0.3, -0.25) is 4.79 Å². The SMILES string of the molecule is NCCSC(=O)N1CCCC1C(=O)OCc1ccccc1. The fourth-order valence-electron chi connectivity index (χ4n) is 2.28. The van der Waals surface area contributed by atoms with Crippen LogP contribution in [0.1, 0.15) is 18.4 Å². The molecule has 6 heteroatoms. The summed E-state index contributed by atoms with van der Waals surface area (Å²) < 4.78 is 5.33. The lowest BCUT2D eigenvalue weighted by molar-refractivity contribution is -0.149. The topological polar surface area (TPSA) is 72.6 Å². The molecule has 21 heavy (non-hydrogen) atoms. The van der Waals surface area contributed by atoms with E-state index < -0.39 is 6.04 Å². The maximum absolute atomic E-state index is 12.2. The molecule has 114 valence electrons. The lowest BCUT2D eigenvalue weighted by Gasteiger charge is -2.22. The highest BCUT2D eigenvalue weighted by atomic mass is 32.2. The molecule has 0 saturated carbocycles. The standard InChI is InChI=1S/C15H20N2O3S/c16-8-10-21-15(19)17-9-4-7-13(17)14(18)20-11-12-5-2-1-3-6-12/h1-3,5-6,13H,4,7-11,16H2. The molecule has 2 rings (SSSR count). The van der Waals surface area contributed by atoms with Gasteiger partial charge < -0.3 is 15.4 Å². The Labute approximate surface area is 128 Å². The zero-order chi connectivity index (χ0) is 15.1. The predicted octanol–water partition coefficient (Wildman–Crippen LogP) is 2.01. The number of ether oxygens (including phenoxy) is 1. The lowest BCUT2D eigenvalue weighted by Crippen LogP contribution is -2.39. The second-order valence-corrected chi connectivity index (χ2v) is 5.89. The smallest absolute Gasteiger partial charge is 0.329 e. The van der Waals surface area contributed by atoms with E-state index in [1.807, 2.05) is 30.3 Å². The van der Waals surface area contributed by atoms with E-state index in [9.17, 15) is 9.59 Å². The highest BCUT2D eigenvalue weighted by molar-refractivity contribution is 8.13. The molecule has 0 aromatic heterocycles. The Kier molecular flexibility index (Phi) is 6.07. The Hall–Kier alpha value is -1.53. The van der Waals surface area contributed by atoms with E-state index in [0.29, 0.717) is 25.3 Å². The van der Waals surface area contributed by atoms with Crippen molar-refractivity contribution in [1.29, 1.82) is 0 Å². The van der Waals surface area contributed by atoms with Crippen molar-refractivity contribution in [1.82, 2.24) is 4.90 Å². The molecule has 1 unspecified atom stereocenters. The van der Waals surface area contributed by atoms with Crippen molar-refractivity contribution in [2.45, 2.75) is 25.5 Å². The Morgan fingerprint density at radius 1 is 1.33 bits per heavy atom. The molecule has 1 atom stereocenters. The number of nitrogens with two attached hydrogens (primary N) is 1. The third kappa shape index (κ3) is 4.47. The maximum Gasteiger partial charge on any atom is 0.329 e. The van der Waals surface area contributed by atoms with Crippen LogP contribution in [0.3, 0.4) is 0 Å². The summed E-state index contributed by atoms with van der Waals surface area (Å²) in [6, 6.07) is 9.07. The zero-order valence-electron chi connectivity index (χ0n) is 11.9. The van der Waals surface area contributed by atoms with E-state index in [1.165, 1.54) is 0 Å². The minimum atomic E-state index is -0.452. The molecule has 0 radical (unpaired) electrons. The van der Waals surface area contributed by atoms with Crippen molar-refractivity contribution < 1.29 is 14.3 Å². The van der Waals surface area contributed by atoms with Gasteiger partial charge in [-0.25, -0.2) is 4.79 Å². The predicted molar refractivity (Wildman–Crippen MR) is 82.9 cm³/mol. The maximum atomic E-state index is 12.2. The highest BCUT2D eigenvalue weighted by Crippen LogP contribution is 2.23. The first-order valence-electron chi connectivity index (χ1n) is 7.06. The molecule has 5 nitrogen and oxygen atoms in total. The number of amides is 1. The van der Waals surface area contributed by atoms with Crippen molar-refractivity contribution >= 4 is 23.0 Å². The van der Waals surface area contributed by atoms with E-state index >= 15 is 0 Å². The fourth-order valence-corrected chi connectivity index (χ4v) is 2.96. The number of carbonyl (C=O) groups is 2. The number of hydrogen-bond donors (Lipinski definition) is 1. The van der Waals surface area contributed by atoms with Crippen molar-refractivity contribution in [2.75, 3.05) is 18.8 Å². The second-order valence-electron chi connectivity index (χ2n) is 4.85. The van der Waals surface area contributed by atoms with Gasteiger partial charge in [0.15, 0.2) is 0 Å². The summed E-state index contributed by atoms with van der Waals surface area (Å²) in [5.41, 5.74) is 6.34. The van der Waals surface area contributed by atoms with Crippen LogP contribution in [0.15, 0.2) is 30.3 Å². The first-order valence-corrected chi connectivity index (χ1v) is 8.05. The number of rotatable bonds is 5. The van der Waals surface area contributed by atoms with Crippen LogP contribution in [-0.2, 0) is 16.1 Å². The molecule has 2 N–H and O–H groups in total. The molecule has 1 aliphatic heterocycles. The number of thioether (sulfide) groups is 1. The van der Waals surface area contributed by atoms with Crippen molar-refractivity contribution in [3.63, 3.8) is 0 Å². The summed E-state index contributed by atoms with van der Waals surface area (Å²) in [6.45, 7) is 1.31. The number of nitrogens with zero attached hydrogens (tertiary/aromatic N) is 1. The van der Waals surface area contributed by atoms with Crippen LogP contribution >= 0.6 is 11.8 Å². The molecule has 1 saturated heterocycles. The van der Waals surface area contributed by atoms with Gasteiger partial charge in [0.1, 0.15) is 12.6 Å². The average Bonchev–Trinajstić information content (AvgIpc) is 3.01. The van der Waals surface area contributed by atoms with Gasteiger partial charge in [-0.15, -0.1) is 0 Å². The molecule has 0 spiro atoms. The lowest BCUT2D eigenvalue weighted by atomic mass is 10.2. The van der Waals surface area contributed by atoms with Crippen LogP contribution in [0, 0.1) is 0 Å². The van der Waals surface area contributed by atoms with Crippen LogP contribution in [-0.4, -0.2) is 41.0 Å². The van der Waals surface area contributed by atoms with Gasteiger partial charge >= 0.3 is 5.97 Å². The fraction of sp³-hybridized carbons (Fsp3) is 0.467. The quantitative estimate of drug-likeness (QED) is 0.842. The van der Waals surface area contributed by atoms with E-state index in [0.717, 1.165) is 23.7 Å². The van der Waals surface area contributed by atoms with Gasteiger partial charge in [0.05, 0.1) is 0 Å². The molecular weight excluding hydrogens is 288 g/mol. The summed E-state index contributed by atoms with van der Waals surface area (Å²) in [4.78, 5) is 25.8. The minimum Gasteiger partial charge on any atom is -0.459 e. The highest BCUT2D eigenvalue weighted by Gasteiger charge is 2.35. The minimum absolute atomic E-state index is 0.0837. The average molecular weight is 308 g/mol. The second kappa shape index (κ2) is 8.05. The van der Waals surface area contributed by atoms with Crippen LogP contribution in [0.2, 0.25) is 0 Å². The monoisotopic (exact) mass is 308 g/mol. The molecule has 1 heterocycles. The van der Waals surface area contributed by atoms with Gasteiger partial charge in [-0.05, 0) is 18.4 Å². The van der Waals surface area contributed by atoms with Gasteiger partial charge in [0.25, 0.3) is 5.24 Å². The van der Waals surface area contributed by atoms with Crippen LogP contribution < -0.4 is 5.73 Å². The Balaban J connectivity index is 1.87. The number of carbonyl (C=O) groups excluding carboxylic acids is 2. The zero-order valence-corrected chi connectivity index (χ0v) is 12.7. The molecule has 1 aliphatic rings. The Bertz CT molecular complexity index is 481. The number of hydrogen-bond acceptors (Lipinski definition) is 5. The molecule has 1 fully saturated rings. The van der Waals surface area contributed by atoms with Crippen LogP contribution in [0.5, 0.6) is 0 Å². The van der Waals surface area contributed by atoms with Gasteiger partial charge in [-0.1, -0.05) is 42.1 Å². The van der Waals surface area contributed by atoms with Crippen LogP contribution in [0.25, 0.3) is 0 Å². The largest absolute Gasteiger partial charge is 0.459 e. The normalized spacial score (nSPS) is 17.8. The first-order chi connectivity index (χ1) is 10.2. The molecule has 1 amide bonds. The Morgan fingerprint density at radius 2 is 2.10 bits per heavy atom. The van der Waals surface area contributed by atoms with E-state index in [-0.39, 0.29) is 17.8 Å². The first kappa shape index (κ1) is 15.9. The number of benzene rings is 1. The van der Waals surface area contributed by atoms with Gasteiger partial charge in [-0.2, -0.15) is 0 Å². The van der Waals surface area contributed by atoms with E-state index in [4.69, 9.17) is 10.5 Å². The van der Waals surface area contributed by atoms with Crippen molar-refractivity contribution in [3.8, 4) is 0 Å². The van der Waals surface area contributed by atoms with Gasteiger partial charge in [0, 0.05) is 18.8 Å². The summed E-state index contributed by atoms with van der Waals surface area (Å²) in [7, 11) is 0. The van der Waals surface area contributed by atoms with Crippen molar-refractivity contribution in [2.24, 2.45) is 5.73 Å². The van der Waals surface area contributed by atoms with Crippen LogP contribution in [0.4, 0.5) is 4.79 Å². The molecular formula is C15H20N2O3S. The molecule has 1 aromatic rings. The summed E-state index contributed by atoms with van der Waals surface area (Å²) in [5.74, 6) is 0.249. The summed E-state index contributed by atoms with van der Waals surface area (Å²) >= 11 is 1.16. The van der Waals surface area contributed by atoms with Gasteiger partial charge in [0.2, 0.25) is 0 Å². The van der Waals surface area contributed by atoms with E-state index in [2.05, 4.69) is 0 Å². The summed E-state index contributed by atoms with van der Waals surface area (Å²) in [5, 5.41) is -0.0837. The Morgan fingerprint density at radius 3 is 2.81 bits per heavy atom. The third-order valence-corrected chi connectivity index (χ3v) is 4.25. The number of likely N-dealkylation sites (tertiary alicyclic amines) is 1. The third-order valence-electron chi connectivity index (χ3n) is 3.33.